The van der Waals surface area contributed by atoms with E-state index in [4.69, 9.17) is 4.74 Å². The lowest BCUT2D eigenvalue weighted by Gasteiger charge is -2.18. The van der Waals surface area contributed by atoms with Crippen molar-refractivity contribution in [2.24, 2.45) is 0 Å². The van der Waals surface area contributed by atoms with Crippen molar-refractivity contribution < 1.29 is 9.84 Å². The third-order valence-corrected chi connectivity index (χ3v) is 2.94. The Kier molecular flexibility index (Phi) is 4.23. The van der Waals surface area contributed by atoms with Crippen LogP contribution in [0.5, 0.6) is 5.75 Å². The summed E-state index contributed by atoms with van der Waals surface area (Å²) in [5.41, 5.74) is 1.53. The first-order valence-electron chi connectivity index (χ1n) is 6.56. The molecular formula is C17H20O2. The van der Waals surface area contributed by atoms with E-state index >= 15 is 0 Å². The van der Waals surface area contributed by atoms with Crippen LogP contribution in [0.4, 0.5) is 0 Å². The largest absolute Gasteiger partial charge is 0.493 e. The predicted octanol–water partition coefficient (Wildman–Crippen LogP) is 3.89. The number of ether oxygens (including phenoxy) is 1. The average molecular weight is 256 g/mol. The van der Waals surface area contributed by atoms with E-state index in [2.05, 4.69) is 18.2 Å². The molecule has 1 N–H and O–H groups in total. The standard InChI is InChI=1S/C17H20O2/c1-17(2,18)12-13-19-16-11-7-6-10-15(16)14-8-4-3-5-9-14/h3-11,18H,12-13H2,1-2H3. The fourth-order valence-electron chi connectivity index (χ4n) is 1.86. The van der Waals surface area contributed by atoms with Crippen LogP contribution in [0.15, 0.2) is 54.6 Å². The molecule has 0 unspecified atom stereocenters. The van der Waals surface area contributed by atoms with E-state index in [0.717, 1.165) is 16.9 Å². The average Bonchev–Trinajstić information content (AvgIpc) is 2.39. The Balaban J connectivity index is 2.14. The highest BCUT2D eigenvalue weighted by atomic mass is 16.5. The zero-order chi connectivity index (χ0) is 13.7. The molecule has 2 aromatic rings. The highest BCUT2D eigenvalue weighted by Gasteiger charge is 2.13. The van der Waals surface area contributed by atoms with Gasteiger partial charge in [-0.25, -0.2) is 0 Å². The van der Waals surface area contributed by atoms with E-state index in [1.807, 2.05) is 36.4 Å². The van der Waals surface area contributed by atoms with Gasteiger partial charge in [-0.15, -0.1) is 0 Å². The number of benzene rings is 2. The van der Waals surface area contributed by atoms with Crippen LogP contribution in [-0.2, 0) is 0 Å². The molecule has 2 aromatic carbocycles. The van der Waals surface area contributed by atoms with E-state index in [9.17, 15) is 5.11 Å². The molecule has 0 saturated heterocycles. The van der Waals surface area contributed by atoms with Gasteiger partial charge in [0.1, 0.15) is 5.75 Å². The minimum Gasteiger partial charge on any atom is -0.493 e. The van der Waals surface area contributed by atoms with Crippen molar-refractivity contribution in [1.82, 2.24) is 0 Å². The van der Waals surface area contributed by atoms with Gasteiger partial charge in [0.2, 0.25) is 0 Å². The molecule has 19 heavy (non-hydrogen) atoms. The van der Waals surface area contributed by atoms with Crippen LogP contribution in [0.3, 0.4) is 0 Å². The molecule has 0 aromatic heterocycles. The summed E-state index contributed by atoms with van der Waals surface area (Å²) in [6, 6.07) is 18.2. The molecule has 2 nitrogen and oxygen atoms in total. The monoisotopic (exact) mass is 256 g/mol. The Morgan fingerprint density at radius 2 is 1.58 bits per heavy atom. The van der Waals surface area contributed by atoms with Gasteiger partial charge in [0.05, 0.1) is 12.2 Å². The summed E-state index contributed by atoms with van der Waals surface area (Å²) >= 11 is 0. The maximum Gasteiger partial charge on any atom is 0.127 e. The SMILES string of the molecule is CC(C)(O)CCOc1ccccc1-c1ccccc1. The first kappa shape index (κ1) is 13.6. The first-order chi connectivity index (χ1) is 9.06. The molecule has 0 spiro atoms. The molecule has 0 aliphatic rings. The summed E-state index contributed by atoms with van der Waals surface area (Å²) in [5, 5.41) is 9.70. The second kappa shape index (κ2) is 5.89. The molecule has 0 aliphatic carbocycles. The molecule has 0 saturated carbocycles. The van der Waals surface area contributed by atoms with Crippen molar-refractivity contribution in [3.8, 4) is 16.9 Å². The van der Waals surface area contributed by atoms with Crippen LogP contribution < -0.4 is 4.74 Å². The molecule has 0 radical (unpaired) electrons. The molecule has 2 rings (SSSR count). The van der Waals surface area contributed by atoms with Crippen LogP contribution in [-0.4, -0.2) is 17.3 Å². The predicted molar refractivity (Wildman–Crippen MR) is 78.3 cm³/mol. The lowest BCUT2D eigenvalue weighted by molar-refractivity contribution is 0.0554. The molecule has 0 heterocycles. The minimum atomic E-state index is -0.693. The Bertz CT molecular complexity index is 512. The Hall–Kier alpha value is -1.80. The van der Waals surface area contributed by atoms with E-state index in [1.165, 1.54) is 0 Å². The lowest BCUT2D eigenvalue weighted by Crippen LogP contribution is -2.21. The molecule has 2 heteroatoms. The lowest BCUT2D eigenvalue weighted by atomic mass is 10.0. The highest BCUT2D eigenvalue weighted by Crippen LogP contribution is 2.29. The molecule has 0 aliphatic heterocycles. The van der Waals surface area contributed by atoms with E-state index < -0.39 is 5.60 Å². The fourth-order valence-corrected chi connectivity index (χ4v) is 1.86. The smallest absolute Gasteiger partial charge is 0.127 e. The third-order valence-electron chi connectivity index (χ3n) is 2.94. The summed E-state index contributed by atoms with van der Waals surface area (Å²) in [6.45, 7) is 4.09. The summed E-state index contributed by atoms with van der Waals surface area (Å²) in [7, 11) is 0. The molecule has 100 valence electrons. The number of hydrogen-bond acceptors (Lipinski definition) is 2. The van der Waals surface area contributed by atoms with Gasteiger partial charge in [0.15, 0.2) is 0 Å². The van der Waals surface area contributed by atoms with E-state index in [-0.39, 0.29) is 0 Å². The zero-order valence-corrected chi connectivity index (χ0v) is 11.5. The van der Waals surface area contributed by atoms with Crippen LogP contribution in [0, 0.1) is 0 Å². The van der Waals surface area contributed by atoms with Crippen LogP contribution >= 0.6 is 0 Å². The summed E-state index contributed by atoms with van der Waals surface area (Å²) in [4.78, 5) is 0. The maximum absolute atomic E-state index is 9.70. The Morgan fingerprint density at radius 1 is 0.947 bits per heavy atom. The molecule has 0 atom stereocenters. The van der Waals surface area contributed by atoms with Gasteiger partial charge in [-0.2, -0.15) is 0 Å². The topological polar surface area (TPSA) is 29.5 Å². The summed E-state index contributed by atoms with van der Waals surface area (Å²) < 4.78 is 5.81. The van der Waals surface area contributed by atoms with Crippen LogP contribution in [0.2, 0.25) is 0 Å². The molecule has 0 amide bonds. The Morgan fingerprint density at radius 3 is 2.26 bits per heavy atom. The van der Waals surface area contributed by atoms with Crippen LogP contribution in [0.1, 0.15) is 20.3 Å². The maximum atomic E-state index is 9.70. The van der Waals surface area contributed by atoms with Crippen molar-refractivity contribution in [1.29, 1.82) is 0 Å². The van der Waals surface area contributed by atoms with Gasteiger partial charge in [-0.05, 0) is 25.5 Å². The number of para-hydroxylation sites is 1. The third kappa shape index (κ3) is 4.11. The zero-order valence-electron chi connectivity index (χ0n) is 11.5. The van der Waals surface area contributed by atoms with Gasteiger partial charge in [-0.3, -0.25) is 0 Å². The van der Waals surface area contributed by atoms with Gasteiger partial charge >= 0.3 is 0 Å². The Labute approximate surface area is 114 Å². The van der Waals surface area contributed by atoms with E-state index in [0.29, 0.717) is 13.0 Å². The summed E-state index contributed by atoms with van der Waals surface area (Å²) in [6.07, 6.45) is 0.607. The van der Waals surface area contributed by atoms with Crippen molar-refractivity contribution in [3.63, 3.8) is 0 Å². The molecular weight excluding hydrogens is 236 g/mol. The van der Waals surface area contributed by atoms with Gasteiger partial charge in [0, 0.05) is 12.0 Å². The van der Waals surface area contributed by atoms with Crippen molar-refractivity contribution in [3.05, 3.63) is 54.6 Å². The number of rotatable bonds is 5. The van der Waals surface area contributed by atoms with Crippen molar-refractivity contribution in [2.45, 2.75) is 25.9 Å². The molecule has 0 fully saturated rings. The van der Waals surface area contributed by atoms with Crippen molar-refractivity contribution in [2.75, 3.05) is 6.61 Å². The molecule has 0 bridgehead atoms. The van der Waals surface area contributed by atoms with Crippen LogP contribution in [0.25, 0.3) is 11.1 Å². The normalized spacial score (nSPS) is 11.3. The highest BCUT2D eigenvalue weighted by molar-refractivity contribution is 5.70. The quantitative estimate of drug-likeness (QED) is 0.879. The number of hydrogen-bond donors (Lipinski definition) is 1. The fraction of sp³-hybridized carbons (Fsp3) is 0.294. The van der Waals surface area contributed by atoms with Gasteiger partial charge < -0.3 is 9.84 Å². The van der Waals surface area contributed by atoms with Gasteiger partial charge in [-0.1, -0.05) is 48.5 Å². The number of aliphatic hydroxyl groups is 1. The minimum absolute atomic E-state index is 0.507. The summed E-state index contributed by atoms with van der Waals surface area (Å²) in [5.74, 6) is 0.859. The van der Waals surface area contributed by atoms with Gasteiger partial charge in [0.25, 0.3) is 0 Å². The van der Waals surface area contributed by atoms with Crippen molar-refractivity contribution >= 4 is 0 Å². The first-order valence-corrected chi connectivity index (χ1v) is 6.56. The second-order valence-corrected chi connectivity index (χ2v) is 5.27. The van der Waals surface area contributed by atoms with E-state index in [1.54, 1.807) is 13.8 Å². The second-order valence-electron chi connectivity index (χ2n) is 5.27.